The molecular formula is C9H11N5O3. The quantitative estimate of drug-likeness (QED) is 0.612. The summed E-state index contributed by atoms with van der Waals surface area (Å²) in [6, 6.07) is 0. The second-order valence-electron chi connectivity index (χ2n) is 4.01. The van der Waals surface area contributed by atoms with Gasteiger partial charge in [-0.2, -0.15) is 9.50 Å². The number of nitrogens with zero attached hydrogens (tertiary/aromatic N) is 4. The first-order valence-corrected chi connectivity index (χ1v) is 5.05. The van der Waals surface area contributed by atoms with Crippen LogP contribution in [0.5, 0.6) is 0 Å². The molecule has 1 N–H and O–H groups in total. The van der Waals surface area contributed by atoms with Gasteiger partial charge in [-0.05, 0) is 6.92 Å². The third-order valence-corrected chi connectivity index (χ3v) is 2.39. The first-order chi connectivity index (χ1) is 7.91. The third-order valence-electron chi connectivity index (χ3n) is 2.39. The van der Waals surface area contributed by atoms with Crippen LogP contribution in [0.1, 0.15) is 31.3 Å². The number of hydrogen-bond donors (Lipinski definition) is 1. The summed E-state index contributed by atoms with van der Waals surface area (Å²) in [6.07, 6.45) is 0. The number of nitrogens with one attached hydrogen (secondary N) is 1. The number of H-pyrrole nitrogens is 1. The zero-order valence-corrected chi connectivity index (χ0v) is 9.59. The van der Waals surface area contributed by atoms with E-state index in [4.69, 9.17) is 0 Å². The Hall–Kier alpha value is -2.25. The Morgan fingerprint density at radius 1 is 1.41 bits per heavy atom. The van der Waals surface area contributed by atoms with Gasteiger partial charge < -0.3 is 0 Å². The number of rotatable bonds is 2. The molecule has 2 heterocycles. The zero-order valence-electron chi connectivity index (χ0n) is 9.59. The van der Waals surface area contributed by atoms with E-state index in [0.29, 0.717) is 5.82 Å². The van der Waals surface area contributed by atoms with Crippen LogP contribution in [0, 0.1) is 17.0 Å². The molecule has 2 rings (SSSR count). The van der Waals surface area contributed by atoms with Crippen molar-refractivity contribution in [3.63, 3.8) is 0 Å². The number of aromatic amines is 1. The maximum atomic E-state index is 11.8. The maximum absolute atomic E-state index is 11.8. The molecule has 0 aliphatic carbocycles. The molecule has 90 valence electrons. The van der Waals surface area contributed by atoms with Gasteiger partial charge in [0.1, 0.15) is 11.5 Å². The molecule has 0 saturated heterocycles. The molecule has 0 saturated carbocycles. The molecule has 17 heavy (non-hydrogen) atoms. The Bertz CT molecular complexity index is 654. The number of hydrogen-bond acceptors (Lipinski definition) is 5. The lowest BCUT2D eigenvalue weighted by atomic mass is 10.2. The summed E-state index contributed by atoms with van der Waals surface area (Å²) in [5.74, 6) is 0.798. The van der Waals surface area contributed by atoms with Crippen LogP contribution in [0.3, 0.4) is 0 Å². The van der Waals surface area contributed by atoms with Crippen molar-refractivity contribution in [2.45, 2.75) is 26.7 Å². The van der Waals surface area contributed by atoms with Gasteiger partial charge in [0, 0.05) is 5.92 Å². The predicted octanol–water partition coefficient (Wildman–Crippen LogP) is 0.758. The van der Waals surface area contributed by atoms with Crippen molar-refractivity contribution < 1.29 is 4.92 Å². The van der Waals surface area contributed by atoms with Crippen molar-refractivity contribution in [3.05, 3.63) is 32.0 Å². The molecule has 0 amide bonds. The van der Waals surface area contributed by atoms with Crippen molar-refractivity contribution in [2.24, 2.45) is 0 Å². The van der Waals surface area contributed by atoms with E-state index in [1.165, 1.54) is 6.92 Å². The van der Waals surface area contributed by atoms with Gasteiger partial charge >= 0.3 is 11.2 Å². The normalized spacial score (nSPS) is 11.3. The molecule has 2 aromatic heterocycles. The second kappa shape index (κ2) is 3.65. The number of aryl methyl sites for hydroxylation is 1. The molecule has 0 bridgehead atoms. The summed E-state index contributed by atoms with van der Waals surface area (Å²) in [4.78, 5) is 29.9. The van der Waals surface area contributed by atoms with Crippen LogP contribution in [0.2, 0.25) is 0 Å². The summed E-state index contributed by atoms with van der Waals surface area (Å²) in [7, 11) is 0. The van der Waals surface area contributed by atoms with Crippen LogP contribution in [0.25, 0.3) is 5.78 Å². The van der Waals surface area contributed by atoms with E-state index in [2.05, 4.69) is 15.1 Å². The Balaban J connectivity index is 2.83. The van der Waals surface area contributed by atoms with E-state index >= 15 is 0 Å². The molecule has 8 nitrogen and oxygen atoms in total. The smallest absolute Gasteiger partial charge is 0.275 e. The molecular weight excluding hydrogens is 226 g/mol. The fraction of sp³-hybridized carbons (Fsp3) is 0.444. The van der Waals surface area contributed by atoms with E-state index in [9.17, 15) is 14.9 Å². The average Bonchev–Trinajstić information content (AvgIpc) is 2.60. The topological polar surface area (TPSA) is 106 Å². The fourth-order valence-corrected chi connectivity index (χ4v) is 1.50. The highest BCUT2D eigenvalue weighted by atomic mass is 16.6. The molecule has 2 aromatic rings. The number of aromatic nitrogens is 4. The highest BCUT2D eigenvalue weighted by molar-refractivity contribution is 5.39. The molecule has 8 heteroatoms. The fourth-order valence-electron chi connectivity index (χ4n) is 1.50. The van der Waals surface area contributed by atoms with Crippen molar-refractivity contribution in [3.8, 4) is 0 Å². The summed E-state index contributed by atoms with van der Waals surface area (Å²) in [5, 5.41) is 13.5. The van der Waals surface area contributed by atoms with Gasteiger partial charge in [-0.15, -0.1) is 0 Å². The summed E-state index contributed by atoms with van der Waals surface area (Å²) in [6.45, 7) is 5.21. The minimum absolute atomic E-state index is 0.0711. The Morgan fingerprint density at radius 2 is 2.06 bits per heavy atom. The Morgan fingerprint density at radius 3 is 2.59 bits per heavy atom. The highest BCUT2D eigenvalue weighted by Gasteiger charge is 2.22. The van der Waals surface area contributed by atoms with E-state index in [-0.39, 0.29) is 17.4 Å². The van der Waals surface area contributed by atoms with Crippen molar-refractivity contribution in [2.75, 3.05) is 0 Å². The molecule has 0 radical (unpaired) electrons. The summed E-state index contributed by atoms with van der Waals surface area (Å²) >= 11 is 0. The minimum atomic E-state index is -0.739. The van der Waals surface area contributed by atoms with Crippen molar-refractivity contribution in [1.29, 1.82) is 0 Å². The van der Waals surface area contributed by atoms with Crippen LogP contribution in [-0.4, -0.2) is 24.5 Å². The van der Waals surface area contributed by atoms with Crippen molar-refractivity contribution in [1.82, 2.24) is 19.6 Å². The SMILES string of the molecule is Cc1nc2nc(C(C)C)[nH]n2c(=O)c1[N+](=O)[O-]. The van der Waals surface area contributed by atoms with Gasteiger partial charge in [-0.25, -0.2) is 4.98 Å². The number of fused-ring (bicyclic) bond motifs is 1. The molecule has 0 spiro atoms. The standard InChI is InChI=1S/C9H11N5O3/c1-4(2)7-11-9-10-5(3)6(14(16)17)8(15)13(9)12-7/h4H,1-3H3,(H,10,11,12). The molecule has 0 fully saturated rings. The Kier molecular flexibility index (Phi) is 2.41. The monoisotopic (exact) mass is 237 g/mol. The Labute approximate surface area is 95.5 Å². The molecule has 0 aliphatic rings. The van der Waals surface area contributed by atoms with Gasteiger partial charge in [0.15, 0.2) is 0 Å². The highest BCUT2D eigenvalue weighted by Crippen LogP contribution is 2.12. The second-order valence-corrected chi connectivity index (χ2v) is 4.01. The van der Waals surface area contributed by atoms with E-state index < -0.39 is 16.2 Å². The minimum Gasteiger partial charge on any atom is -0.275 e. The van der Waals surface area contributed by atoms with Crippen molar-refractivity contribution >= 4 is 11.5 Å². The first kappa shape index (κ1) is 11.2. The lowest BCUT2D eigenvalue weighted by Gasteiger charge is -1.96. The first-order valence-electron chi connectivity index (χ1n) is 5.05. The number of nitro groups is 1. The largest absolute Gasteiger partial charge is 0.357 e. The van der Waals surface area contributed by atoms with Crippen LogP contribution in [0.4, 0.5) is 5.69 Å². The molecule has 0 unspecified atom stereocenters. The van der Waals surface area contributed by atoms with Crippen LogP contribution < -0.4 is 5.56 Å². The van der Waals surface area contributed by atoms with Gasteiger partial charge in [-0.1, -0.05) is 13.8 Å². The van der Waals surface area contributed by atoms with E-state index in [0.717, 1.165) is 4.52 Å². The summed E-state index contributed by atoms with van der Waals surface area (Å²) in [5.41, 5.74) is -1.19. The molecule has 0 atom stereocenters. The van der Waals surface area contributed by atoms with E-state index in [1.807, 2.05) is 13.8 Å². The van der Waals surface area contributed by atoms with Gasteiger partial charge in [-0.3, -0.25) is 20.0 Å². The lowest BCUT2D eigenvalue weighted by molar-refractivity contribution is -0.387. The van der Waals surface area contributed by atoms with Crippen LogP contribution >= 0.6 is 0 Å². The summed E-state index contributed by atoms with van der Waals surface area (Å²) < 4.78 is 1.00. The predicted molar refractivity (Wildman–Crippen MR) is 59.1 cm³/mol. The van der Waals surface area contributed by atoms with Crippen LogP contribution in [-0.2, 0) is 0 Å². The maximum Gasteiger partial charge on any atom is 0.357 e. The van der Waals surface area contributed by atoms with Gasteiger partial charge in [0.25, 0.3) is 5.78 Å². The van der Waals surface area contributed by atoms with Gasteiger partial charge in [0.05, 0.1) is 4.92 Å². The molecule has 0 aliphatic heterocycles. The lowest BCUT2D eigenvalue weighted by Crippen LogP contribution is -2.20. The third kappa shape index (κ3) is 1.67. The molecule has 0 aromatic carbocycles. The van der Waals surface area contributed by atoms with Crippen LogP contribution in [0.15, 0.2) is 4.79 Å². The van der Waals surface area contributed by atoms with E-state index in [1.54, 1.807) is 0 Å². The van der Waals surface area contributed by atoms with Gasteiger partial charge in [0.2, 0.25) is 0 Å². The average molecular weight is 237 g/mol. The zero-order chi connectivity index (χ0) is 12.7.